The molecule has 0 saturated heterocycles. The minimum atomic E-state index is 0.738. The summed E-state index contributed by atoms with van der Waals surface area (Å²) in [6, 6.07) is 3.78. The second-order valence-electron chi connectivity index (χ2n) is 3.97. The van der Waals surface area contributed by atoms with Crippen molar-refractivity contribution in [3.05, 3.63) is 22.8 Å². The summed E-state index contributed by atoms with van der Waals surface area (Å²) in [5, 5.41) is 3.76. The molecule has 0 aromatic carbocycles. The monoisotopic (exact) mass is 241 g/mol. The van der Waals surface area contributed by atoms with E-state index in [0.717, 1.165) is 29.6 Å². The van der Waals surface area contributed by atoms with E-state index in [9.17, 15) is 0 Å². The predicted molar refractivity (Wildman–Crippen MR) is 70.0 cm³/mol. The molecule has 0 radical (unpaired) electrons. The van der Waals surface area contributed by atoms with Crippen molar-refractivity contribution in [3.63, 3.8) is 0 Å². The fourth-order valence-electron chi connectivity index (χ4n) is 1.50. The molecule has 0 bridgehead atoms. The Morgan fingerprint density at radius 1 is 1.44 bits per heavy atom. The van der Waals surface area contributed by atoms with E-state index in [1.807, 2.05) is 19.2 Å². The van der Waals surface area contributed by atoms with Crippen LogP contribution < -0.4 is 5.32 Å². The van der Waals surface area contributed by atoms with E-state index in [1.54, 1.807) is 0 Å². The van der Waals surface area contributed by atoms with E-state index in [1.165, 1.54) is 12.8 Å². The second-order valence-corrected chi connectivity index (χ2v) is 4.37. The first-order valence-electron chi connectivity index (χ1n) is 5.69. The van der Waals surface area contributed by atoms with E-state index in [4.69, 9.17) is 11.6 Å². The van der Waals surface area contributed by atoms with Crippen LogP contribution in [0.5, 0.6) is 0 Å². The van der Waals surface area contributed by atoms with Crippen molar-refractivity contribution in [1.29, 1.82) is 0 Å². The maximum atomic E-state index is 6.11. The number of pyridine rings is 1. The third-order valence-corrected chi connectivity index (χ3v) is 2.83. The molecule has 1 rings (SSSR count). The first-order valence-corrected chi connectivity index (χ1v) is 6.07. The number of hydrogen-bond donors (Lipinski definition) is 1. The van der Waals surface area contributed by atoms with Gasteiger partial charge in [-0.15, -0.1) is 0 Å². The summed E-state index contributed by atoms with van der Waals surface area (Å²) >= 11 is 6.11. The molecular formula is C12H20ClN3. The summed E-state index contributed by atoms with van der Waals surface area (Å²) in [4.78, 5) is 6.70. The average Bonchev–Trinajstić information content (AvgIpc) is 2.29. The molecule has 90 valence electrons. The summed E-state index contributed by atoms with van der Waals surface area (Å²) in [5.74, 6) is 0.864. The van der Waals surface area contributed by atoms with Crippen LogP contribution in [0.4, 0.5) is 5.82 Å². The standard InChI is InChI=1S/C12H20ClN3/c1-4-5-8-16(3)9-11-10(13)6-7-12(14-2)15-11/h6-7H,4-5,8-9H2,1-3H3,(H,14,15). The molecule has 1 aromatic heterocycles. The number of aromatic nitrogens is 1. The Bertz CT molecular complexity index is 328. The molecule has 0 atom stereocenters. The molecule has 0 aliphatic rings. The van der Waals surface area contributed by atoms with Gasteiger partial charge in [-0.2, -0.15) is 0 Å². The van der Waals surface area contributed by atoms with Crippen molar-refractivity contribution in [2.45, 2.75) is 26.3 Å². The maximum absolute atomic E-state index is 6.11. The highest BCUT2D eigenvalue weighted by Crippen LogP contribution is 2.17. The van der Waals surface area contributed by atoms with Crippen LogP contribution in [-0.2, 0) is 6.54 Å². The van der Waals surface area contributed by atoms with Gasteiger partial charge in [0.25, 0.3) is 0 Å². The van der Waals surface area contributed by atoms with Crippen LogP contribution in [0, 0.1) is 0 Å². The minimum Gasteiger partial charge on any atom is -0.373 e. The van der Waals surface area contributed by atoms with Gasteiger partial charge in [-0.25, -0.2) is 4.98 Å². The molecule has 0 aliphatic carbocycles. The lowest BCUT2D eigenvalue weighted by Gasteiger charge is -2.16. The molecule has 1 heterocycles. The number of hydrogen-bond acceptors (Lipinski definition) is 3. The Labute approximate surface area is 103 Å². The minimum absolute atomic E-state index is 0.738. The van der Waals surface area contributed by atoms with Crippen LogP contribution in [0.2, 0.25) is 5.02 Å². The lowest BCUT2D eigenvalue weighted by molar-refractivity contribution is 0.317. The van der Waals surface area contributed by atoms with Crippen molar-refractivity contribution < 1.29 is 0 Å². The third-order valence-electron chi connectivity index (χ3n) is 2.49. The van der Waals surface area contributed by atoms with E-state index in [2.05, 4.69) is 29.2 Å². The quantitative estimate of drug-likeness (QED) is 0.830. The van der Waals surface area contributed by atoms with Crippen molar-refractivity contribution in [2.24, 2.45) is 0 Å². The highest BCUT2D eigenvalue weighted by atomic mass is 35.5. The number of rotatable bonds is 6. The molecular weight excluding hydrogens is 222 g/mol. The van der Waals surface area contributed by atoms with Crippen LogP contribution in [0.3, 0.4) is 0 Å². The number of unbranched alkanes of at least 4 members (excludes halogenated alkanes) is 1. The van der Waals surface area contributed by atoms with Crippen molar-refractivity contribution in [3.8, 4) is 0 Å². The highest BCUT2D eigenvalue weighted by molar-refractivity contribution is 6.31. The molecule has 3 nitrogen and oxygen atoms in total. The predicted octanol–water partition coefficient (Wildman–Crippen LogP) is 3.01. The van der Waals surface area contributed by atoms with Gasteiger partial charge < -0.3 is 10.2 Å². The third kappa shape index (κ3) is 3.99. The van der Waals surface area contributed by atoms with E-state index >= 15 is 0 Å². The fraction of sp³-hybridized carbons (Fsp3) is 0.583. The normalized spacial score (nSPS) is 10.8. The molecule has 1 aromatic rings. The van der Waals surface area contributed by atoms with Gasteiger partial charge in [-0.1, -0.05) is 24.9 Å². The number of nitrogens with one attached hydrogen (secondary N) is 1. The van der Waals surface area contributed by atoms with Crippen LogP contribution >= 0.6 is 11.6 Å². The van der Waals surface area contributed by atoms with Gasteiger partial charge >= 0.3 is 0 Å². The van der Waals surface area contributed by atoms with Crippen molar-refractivity contribution in [2.75, 3.05) is 26.0 Å². The SMILES string of the molecule is CCCCN(C)Cc1nc(NC)ccc1Cl. The van der Waals surface area contributed by atoms with E-state index in [-0.39, 0.29) is 0 Å². The molecule has 0 unspecified atom stereocenters. The van der Waals surface area contributed by atoms with Crippen LogP contribution in [0.1, 0.15) is 25.5 Å². The largest absolute Gasteiger partial charge is 0.373 e. The number of nitrogens with zero attached hydrogens (tertiary/aromatic N) is 2. The molecule has 0 amide bonds. The molecule has 0 aliphatic heterocycles. The summed E-state index contributed by atoms with van der Waals surface area (Å²) in [7, 11) is 3.96. The van der Waals surface area contributed by atoms with Gasteiger partial charge in [0.05, 0.1) is 10.7 Å². The zero-order chi connectivity index (χ0) is 12.0. The highest BCUT2D eigenvalue weighted by Gasteiger charge is 2.06. The van der Waals surface area contributed by atoms with Crippen molar-refractivity contribution in [1.82, 2.24) is 9.88 Å². The van der Waals surface area contributed by atoms with Gasteiger partial charge in [0.15, 0.2) is 0 Å². The fourth-order valence-corrected chi connectivity index (χ4v) is 1.66. The number of halogens is 1. The molecule has 16 heavy (non-hydrogen) atoms. The van der Waals surface area contributed by atoms with Crippen LogP contribution in [0.25, 0.3) is 0 Å². The average molecular weight is 242 g/mol. The van der Waals surface area contributed by atoms with Gasteiger partial charge in [0, 0.05) is 13.6 Å². The van der Waals surface area contributed by atoms with Gasteiger partial charge in [0.1, 0.15) is 5.82 Å². The Hall–Kier alpha value is -0.800. The zero-order valence-corrected chi connectivity index (χ0v) is 11.0. The first kappa shape index (κ1) is 13.3. The van der Waals surface area contributed by atoms with Crippen LogP contribution in [0.15, 0.2) is 12.1 Å². The van der Waals surface area contributed by atoms with Crippen molar-refractivity contribution >= 4 is 17.4 Å². The molecule has 0 spiro atoms. The number of anilines is 1. The molecule has 0 saturated carbocycles. The summed E-state index contributed by atoms with van der Waals surface area (Å²) in [5.41, 5.74) is 0.937. The summed E-state index contributed by atoms with van der Waals surface area (Å²) in [6.45, 7) is 4.08. The van der Waals surface area contributed by atoms with Gasteiger partial charge in [0.2, 0.25) is 0 Å². The molecule has 0 fully saturated rings. The Morgan fingerprint density at radius 3 is 2.81 bits per heavy atom. The lowest BCUT2D eigenvalue weighted by atomic mass is 10.3. The van der Waals surface area contributed by atoms with E-state index < -0.39 is 0 Å². The summed E-state index contributed by atoms with van der Waals surface area (Å²) in [6.07, 6.45) is 2.42. The van der Waals surface area contributed by atoms with Gasteiger partial charge in [-0.05, 0) is 32.1 Å². The lowest BCUT2D eigenvalue weighted by Crippen LogP contribution is -2.20. The Balaban J connectivity index is 2.64. The first-order chi connectivity index (χ1) is 7.67. The second kappa shape index (κ2) is 6.71. The topological polar surface area (TPSA) is 28.2 Å². The van der Waals surface area contributed by atoms with E-state index in [0.29, 0.717) is 0 Å². The maximum Gasteiger partial charge on any atom is 0.126 e. The molecule has 4 heteroatoms. The van der Waals surface area contributed by atoms with Crippen LogP contribution in [-0.4, -0.2) is 30.5 Å². The smallest absolute Gasteiger partial charge is 0.126 e. The molecule has 1 N–H and O–H groups in total. The summed E-state index contributed by atoms with van der Waals surface area (Å²) < 4.78 is 0. The Kier molecular flexibility index (Phi) is 5.56. The Morgan fingerprint density at radius 2 is 2.19 bits per heavy atom. The van der Waals surface area contributed by atoms with Gasteiger partial charge in [-0.3, -0.25) is 0 Å². The zero-order valence-electron chi connectivity index (χ0n) is 10.3.